The van der Waals surface area contributed by atoms with Gasteiger partial charge in [0.25, 0.3) is 0 Å². The third kappa shape index (κ3) is 3.27. The van der Waals surface area contributed by atoms with Crippen molar-refractivity contribution in [3.8, 4) is 0 Å². The van der Waals surface area contributed by atoms with Crippen molar-refractivity contribution in [3.63, 3.8) is 0 Å². The number of rotatable bonds is 3. The predicted molar refractivity (Wildman–Crippen MR) is 81.9 cm³/mol. The average Bonchev–Trinajstić information content (AvgIpc) is 2.27. The Labute approximate surface area is 124 Å². The van der Waals surface area contributed by atoms with Gasteiger partial charge >= 0.3 is 0 Å². The van der Waals surface area contributed by atoms with Crippen LogP contribution in [0.5, 0.6) is 0 Å². The summed E-state index contributed by atoms with van der Waals surface area (Å²) in [7, 11) is 0. The Hall–Kier alpha value is -1.20. The van der Waals surface area contributed by atoms with Gasteiger partial charge in [-0.15, -0.1) is 0 Å². The molecule has 1 atom stereocenters. The molecule has 110 valence electrons. The predicted octanol–water partition coefficient (Wildman–Crippen LogP) is 2.44. The van der Waals surface area contributed by atoms with E-state index in [0.29, 0.717) is 30.1 Å². The van der Waals surface area contributed by atoms with Gasteiger partial charge in [-0.3, -0.25) is 0 Å². The molecule has 1 saturated heterocycles. The highest BCUT2D eigenvalue weighted by Crippen LogP contribution is 2.29. The van der Waals surface area contributed by atoms with Gasteiger partial charge in [0, 0.05) is 18.5 Å². The highest BCUT2D eigenvalue weighted by molar-refractivity contribution is 7.80. The van der Waals surface area contributed by atoms with Crippen LogP contribution < -0.4 is 5.32 Å². The number of benzene rings is 1. The maximum atomic E-state index is 13.6. The van der Waals surface area contributed by atoms with Gasteiger partial charge in [0.15, 0.2) is 5.11 Å². The number of nitrogens with zero attached hydrogens (tertiary/aromatic N) is 1. The summed E-state index contributed by atoms with van der Waals surface area (Å²) in [6.07, 6.45) is 1.06. The molecule has 1 unspecified atom stereocenters. The quantitative estimate of drug-likeness (QED) is 0.840. The summed E-state index contributed by atoms with van der Waals surface area (Å²) in [5.41, 5.74) is -0.623. The van der Waals surface area contributed by atoms with Gasteiger partial charge in [-0.05, 0) is 51.0 Å². The smallest absolute Gasteiger partial charge is 0.171 e. The molecule has 1 fully saturated rings. The summed E-state index contributed by atoms with van der Waals surface area (Å²) in [6, 6.07) is 6.69. The average molecular weight is 296 g/mol. The first-order valence-electron chi connectivity index (χ1n) is 6.77. The lowest BCUT2D eigenvalue weighted by atomic mass is 9.90. The first-order chi connectivity index (χ1) is 9.21. The molecule has 0 bridgehead atoms. The Morgan fingerprint density at radius 2 is 2.00 bits per heavy atom. The molecular weight excluding hydrogens is 275 g/mol. The Balaban J connectivity index is 2.09. The summed E-state index contributed by atoms with van der Waals surface area (Å²) in [4.78, 5) is 1.74. The third-order valence-corrected chi connectivity index (χ3v) is 3.93. The van der Waals surface area contributed by atoms with Crippen LogP contribution in [0, 0.1) is 5.82 Å². The van der Waals surface area contributed by atoms with Crippen molar-refractivity contribution in [3.05, 3.63) is 35.6 Å². The second-order valence-electron chi connectivity index (χ2n) is 6.20. The van der Waals surface area contributed by atoms with Gasteiger partial charge in [0.1, 0.15) is 11.5 Å². The van der Waals surface area contributed by atoms with Gasteiger partial charge in [0.05, 0.1) is 0 Å². The Morgan fingerprint density at radius 3 is 2.60 bits per heavy atom. The van der Waals surface area contributed by atoms with E-state index < -0.39 is 5.72 Å². The summed E-state index contributed by atoms with van der Waals surface area (Å²) < 4.78 is 13.6. The molecule has 1 aromatic carbocycles. The van der Waals surface area contributed by atoms with Crippen molar-refractivity contribution >= 4 is 17.3 Å². The lowest BCUT2D eigenvalue weighted by Crippen LogP contribution is -2.66. The van der Waals surface area contributed by atoms with Crippen molar-refractivity contribution < 1.29 is 9.50 Å². The van der Waals surface area contributed by atoms with Crippen molar-refractivity contribution in [1.82, 2.24) is 10.2 Å². The monoisotopic (exact) mass is 296 g/mol. The maximum absolute atomic E-state index is 13.6. The summed E-state index contributed by atoms with van der Waals surface area (Å²) in [5, 5.41) is 14.3. The van der Waals surface area contributed by atoms with Crippen LogP contribution in [-0.2, 0) is 6.42 Å². The molecule has 5 heteroatoms. The van der Waals surface area contributed by atoms with Crippen LogP contribution in [-0.4, -0.2) is 32.9 Å². The fraction of sp³-hybridized carbons (Fsp3) is 0.533. The topological polar surface area (TPSA) is 35.5 Å². The second-order valence-corrected chi connectivity index (χ2v) is 6.59. The molecule has 0 aliphatic carbocycles. The molecular formula is C15H21FN2OS. The zero-order valence-electron chi connectivity index (χ0n) is 12.1. The Kier molecular flexibility index (Phi) is 4.02. The minimum Gasteiger partial charge on any atom is -0.371 e. The Bertz CT molecular complexity index is 516. The van der Waals surface area contributed by atoms with Gasteiger partial charge in [0.2, 0.25) is 0 Å². The molecule has 3 nitrogen and oxygen atoms in total. The number of aliphatic hydroxyl groups is 1. The third-order valence-electron chi connectivity index (χ3n) is 3.61. The van der Waals surface area contributed by atoms with E-state index in [1.165, 1.54) is 6.07 Å². The minimum atomic E-state index is -1.02. The zero-order valence-corrected chi connectivity index (χ0v) is 12.9. The summed E-state index contributed by atoms with van der Waals surface area (Å²) in [5.74, 6) is -0.219. The number of thiocarbonyl (C=S) groups is 1. The molecule has 1 aliphatic heterocycles. The van der Waals surface area contributed by atoms with Gasteiger partial charge in [-0.25, -0.2) is 4.39 Å². The van der Waals surface area contributed by atoms with Crippen molar-refractivity contribution in [2.45, 2.75) is 44.9 Å². The van der Waals surface area contributed by atoms with Crippen molar-refractivity contribution in [2.24, 2.45) is 0 Å². The van der Waals surface area contributed by atoms with Crippen molar-refractivity contribution in [2.75, 3.05) is 6.54 Å². The van der Waals surface area contributed by atoms with E-state index in [1.807, 2.05) is 19.9 Å². The number of nitrogens with one attached hydrogen (secondary N) is 1. The van der Waals surface area contributed by atoms with E-state index in [9.17, 15) is 9.50 Å². The van der Waals surface area contributed by atoms with E-state index in [-0.39, 0.29) is 11.4 Å². The van der Waals surface area contributed by atoms with Crippen molar-refractivity contribution in [1.29, 1.82) is 0 Å². The summed E-state index contributed by atoms with van der Waals surface area (Å²) >= 11 is 5.33. The first-order valence-corrected chi connectivity index (χ1v) is 7.18. The normalized spacial score (nSPS) is 25.4. The summed E-state index contributed by atoms with van der Waals surface area (Å²) in [6.45, 7) is 6.24. The highest BCUT2D eigenvalue weighted by atomic mass is 32.1. The second kappa shape index (κ2) is 5.30. The molecule has 0 spiro atoms. The van der Waals surface area contributed by atoms with E-state index in [2.05, 4.69) is 5.32 Å². The molecule has 20 heavy (non-hydrogen) atoms. The molecule has 2 N–H and O–H groups in total. The first kappa shape index (κ1) is 15.2. The van der Waals surface area contributed by atoms with E-state index in [0.717, 1.165) is 0 Å². The molecule has 0 radical (unpaired) electrons. The fourth-order valence-corrected chi connectivity index (χ4v) is 3.39. The fourth-order valence-electron chi connectivity index (χ4n) is 2.83. The molecule has 0 amide bonds. The Morgan fingerprint density at radius 1 is 1.35 bits per heavy atom. The van der Waals surface area contributed by atoms with Gasteiger partial charge < -0.3 is 15.3 Å². The minimum absolute atomic E-state index is 0.219. The van der Waals surface area contributed by atoms with E-state index >= 15 is 0 Å². The standard InChI is InChI=1S/C15H21FN2OS/c1-14(2)10-15(3,19)18(13(20)17-14)9-8-11-6-4-5-7-12(11)16/h4-7,19H,8-10H2,1-3H3,(H,17,20). The van der Waals surface area contributed by atoms with Crippen LogP contribution in [0.3, 0.4) is 0 Å². The molecule has 1 aliphatic rings. The zero-order chi connectivity index (χ0) is 15.0. The largest absolute Gasteiger partial charge is 0.371 e. The highest BCUT2D eigenvalue weighted by Gasteiger charge is 2.42. The molecule has 1 heterocycles. The molecule has 0 saturated carbocycles. The van der Waals surface area contributed by atoms with E-state index in [4.69, 9.17) is 12.2 Å². The number of hydrogen-bond donors (Lipinski definition) is 2. The van der Waals surface area contributed by atoms with Gasteiger partial charge in [-0.2, -0.15) is 0 Å². The van der Waals surface area contributed by atoms with Crippen LogP contribution in [0.15, 0.2) is 24.3 Å². The maximum Gasteiger partial charge on any atom is 0.171 e. The van der Waals surface area contributed by atoms with Crippen LogP contribution in [0.4, 0.5) is 4.39 Å². The molecule has 2 rings (SSSR count). The number of halogens is 1. The van der Waals surface area contributed by atoms with Crippen LogP contribution in [0.1, 0.15) is 32.8 Å². The molecule has 0 aromatic heterocycles. The van der Waals surface area contributed by atoms with Gasteiger partial charge in [-0.1, -0.05) is 18.2 Å². The van der Waals surface area contributed by atoms with Crippen LogP contribution in [0.2, 0.25) is 0 Å². The van der Waals surface area contributed by atoms with Crippen LogP contribution in [0.25, 0.3) is 0 Å². The lowest BCUT2D eigenvalue weighted by Gasteiger charge is -2.49. The SMILES string of the molecule is CC1(C)CC(C)(O)N(CCc2ccccc2F)C(=S)N1. The number of hydrogen-bond acceptors (Lipinski definition) is 2. The van der Waals surface area contributed by atoms with Crippen LogP contribution >= 0.6 is 12.2 Å². The molecule has 1 aromatic rings. The lowest BCUT2D eigenvalue weighted by molar-refractivity contribution is -0.0877. The van der Waals surface area contributed by atoms with E-state index in [1.54, 1.807) is 24.0 Å².